The van der Waals surface area contributed by atoms with Gasteiger partial charge in [-0.15, -0.1) is 0 Å². The molecule has 0 radical (unpaired) electrons. The quantitative estimate of drug-likeness (QED) is 0.491. The molecule has 0 nitrogen and oxygen atoms in total. The minimum Gasteiger partial charge on any atom is -0.166 e. The van der Waals surface area contributed by atoms with Crippen molar-refractivity contribution in [3.63, 3.8) is 0 Å². The number of hydrogen-bond donors (Lipinski definition) is 0. The van der Waals surface area contributed by atoms with Gasteiger partial charge < -0.3 is 0 Å². The Morgan fingerprint density at radius 2 is 1.25 bits per heavy atom. The Labute approximate surface area is 124 Å². The van der Waals surface area contributed by atoms with Crippen molar-refractivity contribution >= 4 is 28.1 Å². The van der Waals surface area contributed by atoms with Crippen molar-refractivity contribution in [1.82, 2.24) is 0 Å². The van der Waals surface area contributed by atoms with Gasteiger partial charge >= 0.3 is 6.18 Å². The predicted molar refractivity (Wildman–Crippen MR) is 79.4 cm³/mol. The third-order valence-electron chi connectivity index (χ3n) is 2.84. The number of rotatable bonds is 3. The first kappa shape index (κ1) is 14.9. The van der Waals surface area contributed by atoms with Crippen LogP contribution in [-0.2, 0) is 11.5 Å². The Balaban J connectivity index is 2.10. The Bertz CT molecular complexity index is 581. The highest BCUT2D eigenvalue weighted by Crippen LogP contribution is 2.29. The molecule has 0 aromatic heterocycles. The Morgan fingerprint density at radius 3 is 1.65 bits per heavy atom. The minimum absolute atomic E-state index is 0.628. The lowest BCUT2D eigenvalue weighted by Crippen LogP contribution is -2.03. The zero-order valence-corrected chi connectivity index (χ0v) is 12.1. The van der Waals surface area contributed by atoms with Crippen molar-refractivity contribution < 1.29 is 13.2 Å². The molecule has 4 heteroatoms. The fourth-order valence-electron chi connectivity index (χ4n) is 1.69. The fourth-order valence-corrected chi connectivity index (χ4v) is 2.07. The monoisotopic (exact) mass is 340 g/mol. The van der Waals surface area contributed by atoms with E-state index in [0.717, 1.165) is 28.6 Å². The molecule has 2 aromatic rings. The highest BCUT2D eigenvalue weighted by Gasteiger charge is 2.29. The smallest absolute Gasteiger partial charge is 0.166 e. The molecule has 0 aliphatic rings. The van der Waals surface area contributed by atoms with E-state index in [4.69, 9.17) is 0 Å². The molecule has 2 aromatic carbocycles. The molecule has 20 heavy (non-hydrogen) atoms. The zero-order valence-electron chi connectivity index (χ0n) is 10.5. The summed E-state index contributed by atoms with van der Waals surface area (Å²) in [5, 5.41) is 0.801. The normalized spacial score (nSPS) is 12.0. The lowest BCUT2D eigenvalue weighted by atomic mass is 10.1. The highest BCUT2D eigenvalue weighted by molar-refractivity contribution is 9.08. The van der Waals surface area contributed by atoms with E-state index < -0.39 is 11.7 Å². The van der Waals surface area contributed by atoms with Crippen LogP contribution < -0.4 is 0 Å². The van der Waals surface area contributed by atoms with Crippen molar-refractivity contribution in [3.05, 3.63) is 70.8 Å². The molecule has 0 unspecified atom stereocenters. The number of alkyl halides is 4. The molecule has 0 N–H and O–H groups in total. The number of hydrogen-bond acceptors (Lipinski definition) is 0. The molecule has 0 saturated carbocycles. The summed E-state index contributed by atoms with van der Waals surface area (Å²) in [6.45, 7) is 0. The van der Waals surface area contributed by atoms with Crippen molar-refractivity contribution in [2.24, 2.45) is 0 Å². The molecule has 0 heterocycles. The minimum atomic E-state index is -4.28. The SMILES string of the molecule is FC(F)(F)c1ccc(C=Cc2ccc(CBr)cc2)cc1. The average Bonchev–Trinajstić information content (AvgIpc) is 2.45. The lowest BCUT2D eigenvalue weighted by molar-refractivity contribution is -0.137. The van der Waals surface area contributed by atoms with Gasteiger partial charge in [-0.3, -0.25) is 0 Å². The van der Waals surface area contributed by atoms with Crippen LogP contribution >= 0.6 is 15.9 Å². The van der Waals surface area contributed by atoms with Crippen LogP contribution in [0, 0.1) is 0 Å². The van der Waals surface area contributed by atoms with Gasteiger partial charge in [0.2, 0.25) is 0 Å². The second kappa shape index (κ2) is 6.27. The molecule has 0 amide bonds. The third kappa shape index (κ3) is 3.97. The number of halogens is 4. The largest absolute Gasteiger partial charge is 0.416 e. The van der Waals surface area contributed by atoms with Crippen LogP contribution in [0.15, 0.2) is 48.5 Å². The second-order valence-electron chi connectivity index (χ2n) is 4.33. The molecule has 0 aliphatic heterocycles. The fraction of sp³-hybridized carbons (Fsp3) is 0.125. The van der Waals surface area contributed by atoms with Crippen molar-refractivity contribution in [1.29, 1.82) is 0 Å². The van der Waals surface area contributed by atoms with Gasteiger partial charge in [0.25, 0.3) is 0 Å². The second-order valence-corrected chi connectivity index (χ2v) is 4.89. The highest BCUT2D eigenvalue weighted by atomic mass is 79.9. The van der Waals surface area contributed by atoms with Gasteiger partial charge in [-0.2, -0.15) is 13.2 Å². The van der Waals surface area contributed by atoms with Gasteiger partial charge in [0.15, 0.2) is 0 Å². The Morgan fingerprint density at radius 1 is 0.800 bits per heavy atom. The molecule has 0 fully saturated rings. The Kier molecular flexibility index (Phi) is 4.65. The molecule has 0 saturated heterocycles. The molecule has 0 atom stereocenters. The summed E-state index contributed by atoms with van der Waals surface area (Å²) in [5.41, 5.74) is 2.30. The van der Waals surface area contributed by atoms with Gasteiger partial charge in [0.05, 0.1) is 5.56 Å². The van der Waals surface area contributed by atoms with E-state index >= 15 is 0 Å². The van der Waals surface area contributed by atoms with Crippen LogP contribution in [0.1, 0.15) is 22.3 Å². The zero-order chi connectivity index (χ0) is 14.6. The standard InChI is InChI=1S/C16H12BrF3/c17-11-14-5-3-12(4-6-14)1-2-13-7-9-15(10-8-13)16(18,19)20/h1-10H,11H2. The maximum absolute atomic E-state index is 12.4. The summed E-state index contributed by atoms with van der Waals surface area (Å²) < 4.78 is 37.3. The van der Waals surface area contributed by atoms with E-state index in [1.165, 1.54) is 17.7 Å². The first-order chi connectivity index (χ1) is 9.49. The van der Waals surface area contributed by atoms with E-state index in [1.807, 2.05) is 30.3 Å². The van der Waals surface area contributed by atoms with E-state index in [9.17, 15) is 13.2 Å². The topological polar surface area (TPSA) is 0 Å². The maximum Gasteiger partial charge on any atom is 0.416 e. The van der Waals surface area contributed by atoms with Crippen LogP contribution in [-0.4, -0.2) is 0 Å². The molecular formula is C16H12BrF3. The van der Waals surface area contributed by atoms with Crippen molar-refractivity contribution in [2.75, 3.05) is 0 Å². The van der Waals surface area contributed by atoms with Crippen molar-refractivity contribution in [2.45, 2.75) is 11.5 Å². The average molecular weight is 341 g/mol. The van der Waals surface area contributed by atoms with Gasteiger partial charge in [-0.25, -0.2) is 0 Å². The molecule has 104 valence electrons. The summed E-state index contributed by atoms with van der Waals surface area (Å²) >= 11 is 3.37. The van der Waals surface area contributed by atoms with E-state index in [2.05, 4.69) is 15.9 Å². The number of benzene rings is 2. The lowest BCUT2D eigenvalue weighted by Gasteiger charge is -2.05. The maximum atomic E-state index is 12.4. The van der Waals surface area contributed by atoms with E-state index in [-0.39, 0.29) is 0 Å². The first-order valence-electron chi connectivity index (χ1n) is 5.99. The summed E-state index contributed by atoms with van der Waals surface area (Å²) in [5.74, 6) is 0. The van der Waals surface area contributed by atoms with Crippen LogP contribution in [0.5, 0.6) is 0 Å². The van der Waals surface area contributed by atoms with Gasteiger partial charge in [-0.05, 0) is 28.8 Å². The predicted octanol–water partition coefficient (Wildman–Crippen LogP) is 5.77. The first-order valence-corrected chi connectivity index (χ1v) is 7.11. The van der Waals surface area contributed by atoms with Crippen LogP contribution in [0.3, 0.4) is 0 Å². The van der Waals surface area contributed by atoms with Gasteiger partial charge in [0, 0.05) is 5.33 Å². The molecular weight excluding hydrogens is 329 g/mol. The van der Waals surface area contributed by atoms with E-state index in [0.29, 0.717) is 0 Å². The van der Waals surface area contributed by atoms with Crippen molar-refractivity contribution in [3.8, 4) is 0 Å². The van der Waals surface area contributed by atoms with Crippen LogP contribution in [0.4, 0.5) is 13.2 Å². The van der Waals surface area contributed by atoms with Crippen LogP contribution in [0.25, 0.3) is 12.2 Å². The van der Waals surface area contributed by atoms with Gasteiger partial charge in [-0.1, -0.05) is 64.5 Å². The third-order valence-corrected chi connectivity index (χ3v) is 3.49. The van der Waals surface area contributed by atoms with E-state index in [1.54, 1.807) is 6.08 Å². The molecule has 0 spiro atoms. The summed E-state index contributed by atoms with van der Waals surface area (Å²) in [4.78, 5) is 0. The summed E-state index contributed by atoms with van der Waals surface area (Å²) in [6, 6.07) is 13.1. The summed E-state index contributed by atoms with van der Waals surface area (Å²) in [6.07, 6.45) is -0.613. The van der Waals surface area contributed by atoms with Gasteiger partial charge in [0.1, 0.15) is 0 Å². The van der Waals surface area contributed by atoms with Crippen LogP contribution in [0.2, 0.25) is 0 Å². The molecule has 0 bridgehead atoms. The Hall–Kier alpha value is -1.55. The summed E-state index contributed by atoms with van der Waals surface area (Å²) in [7, 11) is 0. The molecule has 0 aliphatic carbocycles. The molecule has 2 rings (SSSR count).